The van der Waals surface area contributed by atoms with Crippen molar-refractivity contribution in [2.45, 2.75) is 37.0 Å². The summed E-state index contributed by atoms with van der Waals surface area (Å²) in [6.07, 6.45) is -4.27. The van der Waals surface area contributed by atoms with Crippen LogP contribution in [0.3, 0.4) is 0 Å². The molecule has 0 radical (unpaired) electrons. The molecule has 28 heavy (non-hydrogen) atoms. The van der Waals surface area contributed by atoms with Gasteiger partial charge in [0, 0.05) is 18.2 Å². The van der Waals surface area contributed by atoms with E-state index < -0.39 is 37.0 Å². The number of aliphatic hydroxyl groups is 1. The summed E-state index contributed by atoms with van der Waals surface area (Å²) in [5.74, 6) is 0. The molecule has 0 spiro atoms. The summed E-state index contributed by atoms with van der Waals surface area (Å²) in [5.41, 5.74) is 1.64. The predicted octanol–water partition coefficient (Wildman–Crippen LogP) is 2.59. The van der Waals surface area contributed by atoms with Crippen molar-refractivity contribution in [3.05, 3.63) is 71.8 Å². The van der Waals surface area contributed by atoms with Crippen molar-refractivity contribution in [1.29, 1.82) is 0 Å². The van der Waals surface area contributed by atoms with E-state index in [0.717, 1.165) is 11.1 Å². The molecule has 0 bridgehead atoms. The highest BCUT2D eigenvalue weighted by molar-refractivity contribution is 7.80. The lowest BCUT2D eigenvalue weighted by Crippen LogP contribution is -2.63. The van der Waals surface area contributed by atoms with Gasteiger partial charge in [0.1, 0.15) is 18.3 Å². The number of rotatable bonds is 4. The molecule has 2 aromatic carbocycles. The maximum atomic E-state index is 10.8. The van der Waals surface area contributed by atoms with Crippen LogP contribution in [0.25, 0.3) is 0 Å². The average molecular weight is 402 g/mol. The zero-order valence-electron chi connectivity index (χ0n) is 15.3. The third kappa shape index (κ3) is 3.96. The first-order valence-corrected chi connectivity index (χ1v) is 9.52. The zero-order chi connectivity index (χ0) is 19.5. The number of hydrogen-bond donors (Lipinski definition) is 1. The summed E-state index contributed by atoms with van der Waals surface area (Å²) in [6.45, 7) is 0.286. The Bertz CT molecular complexity index is 786. The molecular formula is C21H22O6S. The molecule has 2 fully saturated rings. The van der Waals surface area contributed by atoms with E-state index in [-0.39, 0.29) is 11.7 Å². The van der Waals surface area contributed by atoms with Crippen LogP contribution in [0.5, 0.6) is 0 Å². The van der Waals surface area contributed by atoms with E-state index in [1.807, 2.05) is 60.7 Å². The Kier molecular flexibility index (Phi) is 6.01. The zero-order valence-corrected chi connectivity index (χ0v) is 16.2. The molecule has 6 atom stereocenters. The fourth-order valence-corrected chi connectivity index (χ4v) is 3.68. The summed E-state index contributed by atoms with van der Waals surface area (Å²) in [7, 11) is 1.47. The highest BCUT2D eigenvalue weighted by Gasteiger charge is 2.51. The van der Waals surface area contributed by atoms with Crippen LogP contribution in [0.4, 0.5) is 0 Å². The molecule has 2 aliphatic heterocycles. The molecule has 6 nitrogen and oxygen atoms in total. The van der Waals surface area contributed by atoms with Gasteiger partial charge in [0.05, 0.1) is 6.61 Å². The Morgan fingerprint density at radius 1 is 1.04 bits per heavy atom. The van der Waals surface area contributed by atoms with Crippen LogP contribution in [0, 0.1) is 0 Å². The van der Waals surface area contributed by atoms with Gasteiger partial charge in [0.25, 0.3) is 0 Å². The number of fused-ring (bicyclic) bond motifs is 1. The molecule has 148 valence electrons. The van der Waals surface area contributed by atoms with Crippen LogP contribution < -0.4 is 0 Å². The van der Waals surface area contributed by atoms with Crippen molar-refractivity contribution < 1.29 is 28.8 Å². The van der Waals surface area contributed by atoms with E-state index in [9.17, 15) is 5.11 Å². The topological polar surface area (TPSA) is 66.4 Å². The SMILES string of the molecule is CO[C@H]1O[C@@H]2COC(c3ccccc3)O[C@H]2[C@H](OC(=S)c2ccccc2)[C@H]1O. The molecule has 0 amide bonds. The second-order valence-electron chi connectivity index (χ2n) is 6.68. The number of methoxy groups -OCH3 is 1. The Hall–Kier alpha value is -1.87. The van der Waals surface area contributed by atoms with Crippen LogP contribution in [-0.2, 0) is 23.7 Å². The van der Waals surface area contributed by atoms with Crippen LogP contribution in [0.15, 0.2) is 60.7 Å². The Morgan fingerprint density at radius 2 is 1.71 bits per heavy atom. The van der Waals surface area contributed by atoms with Gasteiger partial charge >= 0.3 is 0 Å². The van der Waals surface area contributed by atoms with Crippen molar-refractivity contribution in [3.63, 3.8) is 0 Å². The fraction of sp³-hybridized carbons (Fsp3) is 0.381. The molecular weight excluding hydrogens is 380 g/mol. The molecule has 2 aliphatic rings. The van der Waals surface area contributed by atoms with Crippen LogP contribution in [0.1, 0.15) is 17.4 Å². The first-order chi connectivity index (χ1) is 13.7. The average Bonchev–Trinajstić information content (AvgIpc) is 2.76. The van der Waals surface area contributed by atoms with Gasteiger partial charge in [0.15, 0.2) is 23.7 Å². The Labute approximate surface area is 168 Å². The molecule has 4 rings (SSSR count). The number of hydrogen-bond acceptors (Lipinski definition) is 7. The molecule has 0 saturated carbocycles. The molecule has 0 aliphatic carbocycles. The van der Waals surface area contributed by atoms with Crippen molar-refractivity contribution in [1.82, 2.24) is 0 Å². The van der Waals surface area contributed by atoms with Crippen LogP contribution in [0.2, 0.25) is 0 Å². The normalized spacial score (nSPS) is 32.4. The third-order valence-electron chi connectivity index (χ3n) is 4.86. The minimum atomic E-state index is -1.07. The number of benzene rings is 2. The predicted molar refractivity (Wildman–Crippen MR) is 105 cm³/mol. The lowest BCUT2D eigenvalue weighted by atomic mass is 9.97. The van der Waals surface area contributed by atoms with Gasteiger partial charge in [-0.25, -0.2) is 0 Å². The quantitative estimate of drug-likeness (QED) is 0.789. The van der Waals surface area contributed by atoms with Crippen molar-refractivity contribution in [2.75, 3.05) is 13.7 Å². The number of thiocarbonyl (C=S) groups is 1. The van der Waals surface area contributed by atoms with Gasteiger partial charge in [-0.05, 0) is 12.2 Å². The monoisotopic (exact) mass is 402 g/mol. The molecule has 2 aromatic rings. The second-order valence-corrected chi connectivity index (χ2v) is 7.05. The van der Waals surface area contributed by atoms with E-state index in [1.54, 1.807) is 0 Å². The smallest absolute Gasteiger partial charge is 0.191 e. The molecule has 2 saturated heterocycles. The molecule has 1 unspecified atom stereocenters. The van der Waals surface area contributed by atoms with Crippen molar-refractivity contribution >= 4 is 17.3 Å². The van der Waals surface area contributed by atoms with E-state index in [1.165, 1.54) is 7.11 Å². The number of aliphatic hydroxyl groups excluding tert-OH is 1. The maximum absolute atomic E-state index is 10.8. The van der Waals surface area contributed by atoms with Gasteiger partial charge in [-0.1, -0.05) is 60.7 Å². The van der Waals surface area contributed by atoms with Crippen molar-refractivity contribution in [2.24, 2.45) is 0 Å². The van der Waals surface area contributed by atoms with Gasteiger partial charge < -0.3 is 28.8 Å². The first kappa shape index (κ1) is 19.4. The summed E-state index contributed by atoms with van der Waals surface area (Å²) in [5, 5.41) is 11.0. The van der Waals surface area contributed by atoms with Crippen LogP contribution in [-0.4, -0.2) is 54.6 Å². The first-order valence-electron chi connectivity index (χ1n) is 9.11. The number of ether oxygens (including phenoxy) is 5. The Balaban J connectivity index is 1.56. The van der Waals surface area contributed by atoms with Gasteiger partial charge in [-0.15, -0.1) is 0 Å². The fourth-order valence-electron chi connectivity index (χ4n) is 3.44. The largest absolute Gasteiger partial charge is 0.474 e. The summed E-state index contributed by atoms with van der Waals surface area (Å²) in [4.78, 5) is 0. The minimum Gasteiger partial charge on any atom is -0.474 e. The summed E-state index contributed by atoms with van der Waals surface area (Å²) >= 11 is 5.44. The summed E-state index contributed by atoms with van der Waals surface area (Å²) < 4.78 is 29.1. The minimum absolute atomic E-state index is 0.284. The maximum Gasteiger partial charge on any atom is 0.191 e. The highest BCUT2D eigenvalue weighted by atomic mass is 32.1. The Morgan fingerprint density at radius 3 is 2.39 bits per heavy atom. The lowest BCUT2D eigenvalue weighted by molar-refractivity contribution is -0.356. The van der Waals surface area contributed by atoms with E-state index >= 15 is 0 Å². The van der Waals surface area contributed by atoms with Gasteiger partial charge in [0.2, 0.25) is 0 Å². The third-order valence-corrected chi connectivity index (χ3v) is 5.20. The highest BCUT2D eigenvalue weighted by Crippen LogP contribution is 2.35. The lowest BCUT2D eigenvalue weighted by Gasteiger charge is -2.47. The molecule has 0 aromatic heterocycles. The van der Waals surface area contributed by atoms with E-state index in [0.29, 0.717) is 0 Å². The summed E-state index contributed by atoms with van der Waals surface area (Å²) in [6, 6.07) is 19.0. The van der Waals surface area contributed by atoms with E-state index in [2.05, 4.69) is 0 Å². The van der Waals surface area contributed by atoms with Crippen LogP contribution >= 0.6 is 12.2 Å². The van der Waals surface area contributed by atoms with Gasteiger partial charge in [-0.3, -0.25) is 0 Å². The molecule has 1 N–H and O–H groups in total. The van der Waals surface area contributed by atoms with E-state index in [4.69, 9.17) is 35.9 Å². The standard InChI is InChI=1S/C21H22O6S/c1-23-20-16(22)18(27-21(28)14-10-6-3-7-11-14)17-15(25-20)12-24-19(26-17)13-8-4-2-5-9-13/h2-11,15-20,22H,12H2,1H3/t15-,16-,17-,18-,19?,20+/m1/s1. The van der Waals surface area contributed by atoms with Gasteiger partial charge in [-0.2, -0.15) is 0 Å². The molecule has 2 heterocycles. The second kappa shape index (κ2) is 8.65. The molecule has 7 heteroatoms. The van der Waals surface area contributed by atoms with Crippen molar-refractivity contribution in [3.8, 4) is 0 Å².